The third-order valence-corrected chi connectivity index (χ3v) is 4.05. The Hall–Kier alpha value is -1.06. The molecule has 1 aliphatic carbocycles. The molecule has 1 unspecified atom stereocenters. The maximum absolute atomic E-state index is 10.1. The maximum atomic E-state index is 10.1. The van der Waals surface area contributed by atoms with Gasteiger partial charge in [-0.15, -0.1) is 0 Å². The van der Waals surface area contributed by atoms with Gasteiger partial charge in [0.05, 0.1) is 13.1 Å². The first-order chi connectivity index (χ1) is 9.25. The number of hydrogen-bond donors (Lipinski definition) is 2. The van der Waals surface area contributed by atoms with Crippen LogP contribution in [0.25, 0.3) is 0 Å². The molecule has 3 heteroatoms. The van der Waals surface area contributed by atoms with Crippen molar-refractivity contribution in [1.82, 2.24) is 0 Å². The number of benzene rings is 1. The second-order valence-electron chi connectivity index (χ2n) is 5.66. The van der Waals surface area contributed by atoms with Gasteiger partial charge < -0.3 is 14.7 Å². The second kappa shape index (κ2) is 7.51. The van der Waals surface area contributed by atoms with Gasteiger partial charge in [-0.3, -0.25) is 0 Å². The topological polar surface area (TPSA) is 33.9 Å². The summed E-state index contributed by atoms with van der Waals surface area (Å²) in [6, 6.07) is 10.4. The highest BCUT2D eigenvalue weighted by Gasteiger charge is 2.23. The summed E-state index contributed by atoms with van der Waals surface area (Å²) >= 11 is 0. The monoisotopic (exact) mass is 264 g/mol. The molecule has 1 saturated carbocycles. The lowest BCUT2D eigenvalue weighted by Crippen LogP contribution is -3.14. The lowest BCUT2D eigenvalue weighted by Gasteiger charge is -2.29. The van der Waals surface area contributed by atoms with E-state index in [4.69, 9.17) is 4.74 Å². The number of hydrogen-bond acceptors (Lipinski definition) is 2. The van der Waals surface area contributed by atoms with Gasteiger partial charge in [-0.1, -0.05) is 24.6 Å². The molecular formula is C16H26NO2+. The molecule has 1 aromatic carbocycles. The van der Waals surface area contributed by atoms with Crippen LogP contribution in [0.15, 0.2) is 30.3 Å². The Bertz CT molecular complexity index is 349. The van der Waals surface area contributed by atoms with Crippen molar-refractivity contribution in [3.63, 3.8) is 0 Å². The van der Waals surface area contributed by atoms with E-state index in [0.29, 0.717) is 6.61 Å². The van der Waals surface area contributed by atoms with Crippen molar-refractivity contribution in [2.24, 2.45) is 0 Å². The van der Waals surface area contributed by atoms with Gasteiger partial charge in [-0.25, -0.2) is 0 Å². The van der Waals surface area contributed by atoms with E-state index in [0.717, 1.165) is 18.3 Å². The molecule has 0 aromatic heterocycles. The Morgan fingerprint density at radius 2 is 1.89 bits per heavy atom. The largest absolute Gasteiger partial charge is 0.491 e. The molecule has 1 aromatic rings. The summed E-state index contributed by atoms with van der Waals surface area (Å²) in [5, 5.41) is 10.1. The molecule has 3 nitrogen and oxygen atoms in total. The van der Waals surface area contributed by atoms with Crippen molar-refractivity contribution in [2.45, 2.75) is 44.2 Å². The number of aliphatic hydroxyl groups is 1. The predicted molar refractivity (Wildman–Crippen MR) is 76.6 cm³/mol. The van der Waals surface area contributed by atoms with E-state index in [9.17, 15) is 5.11 Å². The maximum Gasteiger partial charge on any atom is 0.137 e. The van der Waals surface area contributed by atoms with Gasteiger partial charge in [0, 0.05) is 0 Å². The first-order valence-corrected chi connectivity index (χ1v) is 7.44. The van der Waals surface area contributed by atoms with Crippen LogP contribution < -0.4 is 9.64 Å². The zero-order valence-corrected chi connectivity index (χ0v) is 11.8. The summed E-state index contributed by atoms with van der Waals surface area (Å²) in [7, 11) is 2.20. The molecule has 1 aliphatic rings. The molecule has 0 aliphatic heterocycles. The van der Waals surface area contributed by atoms with Crippen LogP contribution in [0, 0.1) is 0 Å². The van der Waals surface area contributed by atoms with Gasteiger partial charge in [-0.2, -0.15) is 0 Å². The summed E-state index contributed by atoms with van der Waals surface area (Å²) in [6.45, 7) is 1.16. The van der Waals surface area contributed by atoms with Crippen LogP contribution in [-0.2, 0) is 0 Å². The molecular weight excluding hydrogens is 238 g/mol. The second-order valence-corrected chi connectivity index (χ2v) is 5.66. The molecule has 2 rings (SSSR count). The van der Waals surface area contributed by atoms with Crippen molar-refractivity contribution in [2.75, 3.05) is 20.2 Å². The minimum atomic E-state index is -0.387. The number of ether oxygens (including phenoxy) is 1. The Kier molecular flexibility index (Phi) is 5.67. The average Bonchev–Trinajstić information content (AvgIpc) is 2.47. The Morgan fingerprint density at radius 3 is 2.58 bits per heavy atom. The summed E-state index contributed by atoms with van der Waals surface area (Å²) in [5.41, 5.74) is 0. The first kappa shape index (κ1) is 14.4. The number of rotatable bonds is 6. The molecule has 106 valence electrons. The smallest absolute Gasteiger partial charge is 0.137 e. The number of quaternary nitrogens is 1. The van der Waals surface area contributed by atoms with Gasteiger partial charge in [0.15, 0.2) is 0 Å². The van der Waals surface area contributed by atoms with Gasteiger partial charge in [0.1, 0.15) is 25.0 Å². The van der Waals surface area contributed by atoms with E-state index in [1.54, 1.807) is 0 Å². The molecule has 0 bridgehead atoms. The van der Waals surface area contributed by atoms with Crippen LogP contribution in [0.4, 0.5) is 0 Å². The minimum Gasteiger partial charge on any atom is -0.491 e. The molecule has 2 N–H and O–H groups in total. The summed E-state index contributed by atoms with van der Waals surface area (Å²) in [6.07, 6.45) is 6.29. The minimum absolute atomic E-state index is 0.383. The SMILES string of the molecule is C[NH+](C[C@H](O)COc1ccccc1)C1CCCCC1. The standard InChI is InChI=1S/C16H25NO2/c1-17(14-8-4-2-5-9-14)12-15(18)13-19-16-10-6-3-7-11-16/h3,6-7,10-11,14-15,18H,2,4-5,8-9,12-13H2,1H3/p+1/t15-/m0/s1. The zero-order chi connectivity index (χ0) is 13.5. The van der Waals surface area contributed by atoms with E-state index in [2.05, 4.69) is 7.05 Å². The number of likely N-dealkylation sites (N-methyl/N-ethyl adjacent to an activating group) is 1. The quantitative estimate of drug-likeness (QED) is 0.811. The van der Waals surface area contributed by atoms with Crippen LogP contribution in [0.5, 0.6) is 5.75 Å². The summed E-state index contributed by atoms with van der Waals surface area (Å²) in [4.78, 5) is 1.45. The lowest BCUT2D eigenvalue weighted by atomic mass is 9.94. The molecule has 0 radical (unpaired) electrons. The third-order valence-electron chi connectivity index (χ3n) is 4.05. The van der Waals surface area contributed by atoms with Crippen molar-refractivity contribution in [3.8, 4) is 5.75 Å². The first-order valence-electron chi connectivity index (χ1n) is 7.44. The normalized spacial score (nSPS) is 19.9. The van der Waals surface area contributed by atoms with Crippen molar-refractivity contribution in [1.29, 1.82) is 0 Å². The fourth-order valence-corrected chi connectivity index (χ4v) is 2.90. The van der Waals surface area contributed by atoms with E-state index < -0.39 is 0 Å². The Labute approximate surface area is 116 Å². The van der Waals surface area contributed by atoms with E-state index in [-0.39, 0.29) is 6.10 Å². The lowest BCUT2D eigenvalue weighted by molar-refractivity contribution is -0.910. The molecule has 2 atom stereocenters. The molecule has 0 heterocycles. The third kappa shape index (κ3) is 4.84. The van der Waals surface area contributed by atoms with Gasteiger partial charge in [-0.05, 0) is 37.8 Å². The van der Waals surface area contributed by atoms with Crippen LogP contribution in [0.2, 0.25) is 0 Å². The summed E-state index contributed by atoms with van der Waals surface area (Å²) in [5.74, 6) is 0.830. The van der Waals surface area contributed by atoms with Gasteiger partial charge in [0.25, 0.3) is 0 Å². The number of para-hydroxylation sites is 1. The van der Waals surface area contributed by atoms with Crippen molar-refractivity contribution < 1.29 is 14.7 Å². The highest BCUT2D eigenvalue weighted by molar-refractivity contribution is 5.20. The Morgan fingerprint density at radius 1 is 1.21 bits per heavy atom. The molecule has 1 fully saturated rings. The highest BCUT2D eigenvalue weighted by Crippen LogP contribution is 2.15. The zero-order valence-electron chi connectivity index (χ0n) is 11.8. The summed E-state index contributed by atoms with van der Waals surface area (Å²) < 4.78 is 5.59. The fraction of sp³-hybridized carbons (Fsp3) is 0.625. The van der Waals surface area contributed by atoms with Crippen LogP contribution in [0.1, 0.15) is 32.1 Å². The highest BCUT2D eigenvalue weighted by atomic mass is 16.5. The van der Waals surface area contributed by atoms with E-state index in [1.165, 1.54) is 37.0 Å². The van der Waals surface area contributed by atoms with Gasteiger partial charge >= 0.3 is 0 Å². The van der Waals surface area contributed by atoms with Crippen LogP contribution in [0.3, 0.4) is 0 Å². The van der Waals surface area contributed by atoms with Crippen molar-refractivity contribution >= 4 is 0 Å². The van der Waals surface area contributed by atoms with E-state index in [1.807, 2.05) is 30.3 Å². The molecule has 19 heavy (non-hydrogen) atoms. The molecule has 0 amide bonds. The number of nitrogens with one attached hydrogen (secondary N) is 1. The van der Waals surface area contributed by atoms with Crippen LogP contribution >= 0.6 is 0 Å². The molecule has 0 spiro atoms. The molecule has 0 saturated heterocycles. The average molecular weight is 264 g/mol. The van der Waals surface area contributed by atoms with E-state index >= 15 is 0 Å². The Balaban J connectivity index is 1.70. The number of aliphatic hydroxyl groups excluding tert-OH is 1. The predicted octanol–water partition coefficient (Wildman–Crippen LogP) is 1.27. The van der Waals surface area contributed by atoms with Crippen molar-refractivity contribution in [3.05, 3.63) is 30.3 Å². The fourth-order valence-electron chi connectivity index (χ4n) is 2.90. The van der Waals surface area contributed by atoms with Crippen LogP contribution in [-0.4, -0.2) is 37.5 Å². The van der Waals surface area contributed by atoms with Gasteiger partial charge in [0.2, 0.25) is 0 Å².